The molecule has 0 saturated carbocycles. The maximum Gasteiger partial charge on any atom is 0.310 e. The number of carbonyl (C=O) groups is 2. The fraction of sp³-hybridized carbons (Fsp3) is 0.364. The molecule has 0 spiro atoms. The number of para-hydroxylation sites is 1. The Kier molecular flexibility index (Phi) is 7.11. The van der Waals surface area contributed by atoms with E-state index in [4.69, 9.17) is 4.74 Å². The van der Waals surface area contributed by atoms with Crippen LogP contribution in [0, 0.1) is 5.82 Å². The van der Waals surface area contributed by atoms with Crippen LogP contribution in [-0.4, -0.2) is 18.5 Å². The maximum atomic E-state index is 12.9. The lowest BCUT2D eigenvalue weighted by molar-refractivity contribution is -0.146. The highest BCUT2D eigenvalue weighted by Gasteiger charge is 2.17. The fourth-order valence-corrected chi connectivity index (χ4v) is 2.84. The van der Waals surface area contributed by atoms with Crippen LogP contribution < -0.4 is 5.32 Å². The van der Waals surface area contributed by atoms with E-state index in [1.54, 1.807) is 0 Å². The molecule has 0 heterocycles. The van der Waals surface area contributed by atoms with Crippen LogP contribution in [0.4, 0.5) is 10.1 Å². The van der Waals surface area contributed by atoms with E-state index in [0.717, 1.165) is 16.8 Å². The molecule has 0 aliphatic carbocycles. The smallest absolute Gasteiger partial charge is 0.310 e. The fourth-order valence-electron chi connectivity index (χ4n) is 2.84. The molecule has 27 heavy (non-hydrogen) atoms. The summed E-state index contributed by atoms with van der Waals surface area (Å²) in [4.78, 5) is 24.2. The molecule has 144 valence electrons. The van der Waals surface area contributed by atoms with Crippen molar-refractivity contribution in [2.45, 2.75) is 46.0 Å². The number of rotatable bonds is 7. The summed E-state index contributed by atoms with van der Waals surface area (Å²) in [5.74, 6) is -0.772. The summed E-state index contributed by atoms with van der Waals surface area (Å²) in [5, 5.41) is 2.90. The van der Waals surface area contributed by atoms with Crippen LogP contribution in [0.3, 0.4) is 0 Å². The highest BCUT2D eigenvalue weighted by molar-refractivity contribution is 5.94. The largest absolute Gasteiger partial charge is 0.455 e. The molecule has 5 heteroatoms. The molecule has 0 radical (unpaired) electrons. The van der Waals surface area contributed by atoms with Gasteiger partial charge in [-0.1, -0.05) is 58.0 Å². The highest BCUT2D eigenvalue weighted by atomic mass is 19.1. The molecule has 0 unspecified atom stereocenters. The van der Waals surface area contributed by atoms with Gasteiger partial charge in [-0.05, 0) is 40.7 Å². The number of nitrogens with one attached hydrogen (secondary N) is 1. The SMILES string of the molecule is CC(C)c1cccc(C(C)C)c1NC(=O)COC(=O)Cc1ccc(F)cc1. The van der Waals surface area contributed by atoms with Crippen molar-refractivity contribution in [2.24, 2.45) is 0 Å². The van der Waals surface area contributed by atoms with Crippen molar-refractivity contribution in [2.75, 3.05) is 11.9 Å². The van der Waals surface area contributed by atoms with Crippen LogP contribution in [0.2, 0.25) is 0 Å². The predicted molar refractivity (Wildman–Crippen MR) is 104 cm³/mol. The lowest BCUT2D eigenvalue weighted by atomic mass is 9.92. The van der Waals surface area contributed by atoms with E-state index in [0.29, 0.717) is 5.56 Å². The third kappa shape index (κ3) is 5.91. The number of amides is 1. The van der Waals surface area contributed by atoms with Crippen LogP contribution in [0.25, 0.3) is 0 Å². The van der Waals surface area contributed by atoms with Gasteiger partial charge in [0, 0.05) is 5.69 Å². The maximum absolute atomic E-state index is 12.9. The Hall–Kier alpha value is -2.69. The Morgan fingerprint density at radius 3 is 2.04 bits per heavy atom. The van der Waals surface area contributed by atoms with E-state index in [2.05, 4.69) is 33.0 Å². The number of carbonyl (C=O) groups excluding carboxylic acids is 2. The lowest BCUT2D eigenvalue weighted by Crippen LogP contribution is -2.23. The second-order valence-electron chi connectivity index (χ2n) is 7.13. The van der Waals surface area contributed by atoms with E-state index in [9.17, 15) is 14.0 Å². The predicted octanol–water partition coefficient (Wildman–Crippen LogP) is 4.80. The van der Waals surface area contributed by atoms with Gasteiger partial charge in [-0.2, -0.15) is 0 Å². The third-order valence-corrected chi connectivity index (χ3v) is 4.26. The van der Waals surface area contributed by atoms with Crippen LogP contribution in [0.5, 0.6) is 0 Å². The van der Waals surface area contributed by atoms with Gasteiger partial charge in [0.2, 0.25) is 0 Å². The average Bonchev–Trinajstić information content (AvgIpc) is 2.61. The van der Waals surface area contributed by atoms with Crippen molar-refractivity contribution in [3.05, 3.63) is 65.0 Å². The number of esters is 1. The Morgan fingerprint density at radius 1 is 0.963 bits per heavy atom. The zero-order chi connectivity index (χ0) is 20.0. The minimum Gasteiger partial charge on any atom is -0.455 e. The molecule has 1 N–H and O–H groups in total. The van der Waals surface area contributed by atoms with Crippen molar-refractivity contribution in [3.63, 3.8) is 0 Å². The van der Waals surface area contributed by atoms with Gasteiger partial charge in [0.25, 0.3) is 5.91 Å². The highest BCUT2D eigenvalue weighted by Crippen LogP contribution is 2.32. The van der Waals surface area contributed by atoms with E-state index >= 15 is 0 Å². The van der Waals surface area contributed by atoms with Gasteiger partial charge in [-0.25, -0.2) is 4.39 Å². The first-order valence-electron chi connectivity index (χ1n) is 9.10. The molecule has 2 rings (SSSR count). The summed E-state index contributed by atoms with van der Waals surface area (Å²) in [7, 11) is 0. The van der Waals surface area contributed by atoms with E-state index in [1.165, 1.54) is 24.3 Å². The molecule has 0 aliphatic rings. The van der Waals surface area contributed by atoms with Gasteiger partial charge in [-0.15, -0.1) is 0 Å². The van der Waals surface area contributed by atoms with E-state index in [-0.39, 0.29) is 36.6 Å². The molecule has 0 aliphatic heterocycles. The summed E-state index contributed by atoms with van der Waals surface area (Å²) in [6, 6.07) is 11.6. The van der Waals surface area contributed by atoms with Gasteiger partial charge in [0.15, 0.2) is 6.61 Å². The Balaban J connectivity index is 1.99. The molecular weight excluding hydrogens is 345 g/mol. The second kappa shape index (κ2) is 9.31. The molecule has 1 amide bonds. The van der Waals surface area contributed by atoms with Crippen LogP contribution >= 0.6 is 0 Å². The summed E-state index contributed by atoms with van der Waals surface area (Å²) >= 11 is 0. The first-order valence-corrected chi connectivity index (χ1v) is 9.10. The molecular formula is C22H26FNO3. The van der Waals surface area contributed by atoms with Crippen molar-refractivity contribution >= 4 is 17.6 Å². The minimum atomic E-state index is -0.530. The molecule has 0 aromatic heterocycles. The first-order chi connectivity index (χ1) is 12.8. The van der Waals surface area contributed by atoms with Gasteiger partial charge in [0.05, 0.1) is 6.42 Å². The van der Waals surface area contributed by atoms with Gasteiger partial charge in [0.1, 0.15) is 5.82 Å². The molecule has 4 nitrogen and oxygen atoms in total. The van der Waals surface area contributed by atoms with Crippen LogP contribution in [0.1, 0.15) is 56.2 Å². The lowest BCUT2D eigenvalue weighted by Gasteiger charge is -2.20. The van der Waals surface area contributed by atoms with Crippen LogP contribution in [-0.2, 0) is 20.7 Å². The summed E-state index contributed by atoms with van der Waals surface area (Å²) in [5.41, 5.74) is 3.52. The zero-order valence-electron chi connectivity index (χ0n) is 16.2. The Morgan fingerprint density at radius 2 is 1.52 bits per heavy atom. The second-order valence-corrected chi connectivity index (χ2v) is 7.13. The van der Waals surface area contributed by atoms with E-state index in [1.807, 2.05) is 18.2 Å². The van der Waals surface area contributed by atoms with Crippen molar-refractivity contribution in [1.29, 1.82) is 0 Å². The van der Waals surface area contributed by atoms with Crippen molar-refractivity contribution in [3.8, 4) is 0 Å². The number of benzene rings is 2. The zero-order valence-corrected chi connectivity index (χ0v) is 16.2. The summed E-state index contributed by atoms with van der Waals surface area (Å²) in [6.07, 6.45) is -0.00656. The number of hydrogen-bond donors (Lipinski definition) is 1. The molecule has 0 saturated heterocycles. The topological polar surface area (TPSA) is 55.4 Å². The quantitative estimate of drug-likeness (QED) is 0.712. The van der Waals surface area contributed by atoms with Crippen LogP contribution in [0.15, 0.2) is 42.5 Å². The summed E-state index contributed by atoms with van der Waals surface area (Å²) < 4.78 is 18.0. The number of anilines is 1. The van der Waals surface area contributed by atoms with Gasteiger partial charge < -0.3 is 10.1 Å². The first kappa shape index (κ1) is 20.6. The molecule has 2 aromatic rings. The van der Waals surface area contributed by atoms with Crippen molar-refractivity contribution < 1.29 is 18.7 Å². The van der Waals surface area contributed by atoms with E-state index < -0.39 is 5.97 Å². The molecule has 0 fully saturated rings. The monoisotopic (exact) mass is 371 g/mol. The summed E-state index contributed by atoms with van der Waals surface area (Å²) in [6.45, 7) is 7.91. The van der Waals surface area contributed by atoms with Gasteiger partial charge in [-0.3, -0.25) is 9.59 Å². The number of halogens is 1. The number of hydrogen-bond acceptors (Lipinski definition) is 3. The molecule has 2 aromatic carbocycles. The standard InChI is InChI=1S/C22H26FNO3/c1-14(2)18-6-5-7-19(15(3)4)22(18)24-20(25)13-27-21(26)12-16-8-10-17(23)11-9-16/h5-11,14-15H,12-13H2,1-4H3,(H,24,25). The average molecular weight is 371 g/mol. The molecule has 0 bridgehead atoms. The third-order valence-electron chi connectivity index (χ3n) is 4.26. The number of ether oxygens (including phenoxy) is 1. The minimum absolute atomic E-state index is 0.00656. The van der Waals surface area contributed by atoms with Gasteiger partial charge >= 0.3 is 5.97 Å². The molecule has 0 atom stereocenters. The Labute approximate surface area is 159 Å². The normalized spacial score (nSPS) is 10.9. The Bertz CT molecular complexity index is 771. The van der Waals surface area contributed by atoms with Crippen molar-refractivity contribution in [1.82, 2.24) is 0 Å².